The first-order valence-electron chi connectivity index (χ1n) is 4.21. The molecule has 1 aliphatic rings. The first-order valence-corrected chi connectivity index (χ1v) is 4.21. The average molecular weight is 169 g/mol. The maximum atomic E-state index is 11.3. The standard InChI is InChI=1S/C9H15NO2/c1-12-8(11)9(10)6-4-2-3-5-7-9/h2,4H,3,5-7,10H2,1H3. The fourth-order valence-electron chi connectivity index (χ4n) is 1.44. The van der Waals surface area contributed by atoms with Crippen LogP contribution < -0.4 is 5.73 Å². The second kappa shape index (κ2) is 3.72. The van der Waals surface area contributed by atoms with Crippen LogP contribution >= 0.6 is 0 Å². The van der Waals surface area contributed by atoms with E-state index in [4.69, 9.17) is 5.73 Å². The van der Waals surface area contributed by atoms with Gasteiger partial charge in [-0.2, -0.15) is 0 Å². The molecule has 2 N–H and O–H groups in total. The molecule has 0 aromatic rings. The molecule has 0 fully saturated rings. The number of methoxy groups -OCH3 is 1. The maximum absolute atomic E-state index is 11.3. The molecule has 12 heavy (non-hydrogen) atoms. The number of rotatable bonds is 1. The third-order valence-electron chi connectivity index (χ3n) is 2.23. The Hall–Kier alpha value is -0.830. The van der Waals surface area contributed by atoms with Crippen LogP contribution in [-0.4, -0.2) is 18.6 Å². The lowest BCUT2D eigenvalue weighted by molar-refractivity contribution is -0.147. The molecule has 0 saturated carbocycles. The lowest BCUT2D eigenvalue weighted by atomic mass is 9.92. The van der Waals surface area contributed by atoms with Gasteiger partial charge in [-0.15, -0.1) is 0 Å². The first-order chi connectivity index (χ1) is 5.69. The summed E-state index contributed by atoms with van der Waals surface area (Å²) in [5.74, 6) is -0.297. The number of esters is 1. The minimum Gasteiger partial charge on any atom is -0.468 e. The van der Waals surface area contributed by atoms with E-state index in [2.05, 4.69) is 10.8 Å². The van der Waals surface area contributed by atoms with Crippen LogP contribution in [0.25, 0.3) is 0 Å². The number of hydrogen-bond donors (Lipinski definition) is 1. The fraction of sp³-hybridized carbons (Fsp3) is 0.667. The van der Waals surface area contributed by atoms with Gasteiger partial charge < -0.3 is 10.5 Å². The Bertz CT molecular complexity index is 201. The van der Waals surface area contributed by atoms with Crippen molar-refractivity contribution in [3.8, 4) is 0 Å². The van der Waals surface area contributed by atoms with Crippen LogP contribution in [0.1, 0.15) is 25.7 Å². The third kappa shape index (κ3) is 1.85. The zero-order valence-corrected chi connectivity index (χ0v) is 7.38. The van der Waals surface area contributed by atoms with Crippen molar-refractivity contribution in [2.75, 3.05) is 7.11 Å². The van der Waals surface area contributed by atoms with E-state index >= 15 is 0 Å². The zero-order valence-electron chi connectivity index (χ0n) is 7.38. The highest BCUT2D eigenvalue weighted by Crippen LogP contribution is 2.21. The van der Waals surface area contributed by atoms with Gasteiger partial charge in [-0.05, 0) is 25.7 Å². The summed E-state index contributed by atoms with van der Waals surface area (Å²) in [6.45, 7) is 0. The van der Waals surface area contributed by atoms with Crippen molar-refractivity contribution in [2.45, 2.75) is 31.2 Å². The van der Waals surface area contributed by atoms with Gasteiger partial charge in [0.25, 0.3) is 0 Å². The largest absolute Gasteiger partial charge is 0.468 e. The predicted octanol–water partition coefficient (Wildman–Crippen LogP) is 0.987. The number of carbonyl (C=O) groups excluding carboxylic acids is 1. The monoisotopic (exact) mass is 169 g/mol. The Morgan fingerprint density at radius 3 is 3.00 bits per heavy atom. The summed E-state index contributed by atoms with van der Waals surface area (Å²) in [5.41, 5.74) is 5.11. The van der Waals surface area contributed by atoms with Gasteiger partial charge in [0.1, 0.15) is 5.54 Å². The van der Waals surface area contributed by atoms with Crippen molar-refractivity contribution >= 4 is 5.97 Å². The third-order valence-corrected chi connectivity index (χ3v) is 2.23. The van der Waals surface area contributed by atoms with Crippen LogP contribution in [-0.2, 0) is 9.53 Å². The van der Waals surface area contributed by atoms with Crippen LogP contribution in [0.4, 0.5) is 0 Å². The second-order valence-electron chi connectivity index (χ2n) is 3.22. The smallest absolute Gasteiger partial charge is 0.326 e. The minimum atomic E-state index is -0.776. The zero-order chi connectivity index (χ0) is 9.03. The Morgan fingerprint density at radius 1 is 1.58 bits per heavy atom. The highest BCUT2D eigenvalue weighted by Gasteiger charge is 2.33. The normalized spacial score (nSPS) is 29.5. The van der Waals surface area contributed by atoms with E-state index in [0.717, 1.165) is 12.8 Å². The minimum absolute atomic E-state index is 0.297. The van der Waals surface area contributed by atoms with E-state index in [9.17, 15) is 4.79 Å². The lowest BCUT2D eigenvalue weighted by Crippen LogP contribution is -2.48. The summed E-state index contributed by atoms with van der Waals surface area (Å²) in [6, 6.07) is 0. The molecule has 0 amide bonds. The van der Waals surface area contributed by atoms with Crippen LogP contribution in [0, 0.1) is 0 Å². The van der Waals surface area contributed by atoms with Gasteiger partial charge in [0.15, 0.2) is 0 Å². The molecule has 0 heterocycles. The molecule has 3 heteroatoms. The summed E-state index contributed by atoms with van der Waals surface area (Å²) in [5, 5.41) is 0. The van der Waals surface area contributed by atoms with Crippen LogP contribution in [0.2, 0.25) is 0 Å². The van der Waals surface area contributed by atoms with Gasteiger partial charge in [0.05, 0.1) is 7.11 Å². The SMILES string of the molecule is COC(=O)C1(N)CC=CCCC1. The van der Waals surface area contributed by atoms with E-state index in [1.807, 2.05) is 6.08 Å². The second-order valence-corrected chi connectivity index (χ2v) is 3.22. The van der Waals surface area contributed by atoms with Crippen LogP contribution in [0.5, 0.6) is 0 Å². The molecule has 1 rings (SSSR count). The highest BCUT2D eigenvalue weighted by molar-refractivity contribution is 5.80. The fourth-order valence-corrected chi connectivity index (χ4v) is 1.44. The number of ether oxygens (including phenoxy) is 1. The molecule has 0 saturated heterocycles. The molecule has 1 aliphatic carbocycles. The molecule has 0 spiro atoms. The van der Waals surface area contributed by atoms with E-state index in [1.54, 1.807) is 0 Å². The first kappa shape index (κ1) is 9.26. The Labute approximate surface area is 72.6 Å². The summed E-state index contributed by atoms with van der Waals surface area (Å²) in [7, 11) is 1.38. The Balaban J connectivity index is 2.67. The molecule has 1 unspecified atom stereocenters. The molecule has 0 bridgehead atoms. The number of allylic oxidation sites excluding steroid dienone is 1. The molecule has 0 aromatic carbocycles. The van der Waals surface area contributed by atoms with Gasteiger partial charge in [0.2, 0.25) is 0 Å². The van der Waals surface area contributed by atoms with Crippen molar-refractivity contribution in [2.24, 2.45) is 5.73 Å². The van der Waals surface area contributed by atoms with Crippen molar-refractivity contribution in [1.29, 1.82) is 0 Å². The summed E-state index contributed by atoms with van der Waals surface area (Å²) in [6.07, 6.45) is 7.31. The van der Waals surface area contributed by atoms with Gasteiger partial charge in [-0.25, -0.2) is 0 Å². The quantitative estimate of drug-likeness (QED) is 0.470. The predicted molar refractivity (Wildman–Crippen MR) is 46.5 cm³/mol. The van der Waals surface area contributed by atoms with E-state index in [0.29, 0.717) is 12.8 Å². The maximum Gasteiger partial charge on any atom is 0.326 e. The average Bonchev–Trinajstić information content (AvgIpc) is 2.29. The van der Waals surface area contributed by atoms with Gasteiger partial charge >= 0.3 is 5.97 Å². The van der Waals surface area contributed by atoms with Crippen molar-refractivity contribution in [3.63, 3.8) is 0 Å². The lowest BCUT2D eigenvalue weighted by Gasteiger charge is -2.23. The summed E-state index contributed by atoms with van der Waals surface area (Å²) >= 11 is 0. The molecular formula is C9H15NO2. The molecule has 0 radical (unpaired) electrons. The van der Waals surface area contributed by atoms with E-state index in [1.165, 1.54) is 7.11 Å². The summed E-state index contributed by atoms with van der Waals surface area (Å²) in [4.78, 5) is 11.3. The van der Waals surface area contributed by atoms with E-state index in [-0.39, 0.29) is 5.97 Å². The number of nitrogens with two attached hydrogens (primary N) is 1. The Kier molecular flexibility index (Phi) is 2.87. The Morgan fingerprint density at radius 2 is 2.33 bits per heavy atom. The van der Waals surface area contributed by atoms with Crippen LogP contribution in [0.15, 0.2) is 12.2 Å². The van der Waals surface area contributed by atoms with Gasteiger partial charge in [-0.3, -0.25) is 4.79 Å². The molecule has 1 atom stereocenters. The highest BCUT2D eigenvalue weighted by atomic mass is 16.5. The number of hydrogen-bond acceptors (Lipinski definition) is 3. The molecule has 3 nitrogen and oxygen atoms in total. The molecule has 68 valence electrons. The van der Waals surface area contributed by atoms with Crippen LogP contribution in [0.3, 0.4) is 0 Å². The molecule has 0 aliphatic heterocycles. The topological polar surface area (TPSA) is 52.3 Å². The van der Waals surface area contributed by atoms with Crippen molar-refractivity contribution in [3.05, 3.63) is 12.2 Å². The van der Waals surface area contributed by atoms with Gasteiger partial charge in [-0.1, -0.05) is 12.2 Å². The molecular weight excluding hydrogens is 154 g/mol. The van der Waals surface area contributed by atoms with Crippen molar-refractivity contribution in [1.82, 2.24) is 0 Å². The van der Waals surface area contributed by atoms with E-state index < -0.39 is 5.54 Å². The van der Waals surface area contributed by atoms with Gasteiger partial charge in [0, 0.05) is 0 Å². The molecule has 0 aromatic heterocycles. The van der Waals surface area contributed by atoms with Crippen molar-refractivity contribution < 1.29 is 9.53 Å². The number of carbonyl (C=O) groups is 1. The summed E-state index contributed by atoms with van der Waals surface area (Å²) < 4.78 is 4.65.